The maximum absolute atomic E-state index is 12.3. The van der Waals surface area contributed by atoms with Crippen LogP contribution in [-0.4, -0.2) is 43.7 Å². The first-order chi connectivity index (χ1) is 12.2. The van der Waals surface area contributed by atoms with E-state index in [0.29, 0.717) is 24.7 Å². The number of aliphatic imine (C=N–C) groups is 1. The fourth-order valence-electron chi connectivity index (χ4n) is 2.84. The minimum atomic E-state index is -0.0515. The third-order valence-corrected chi connectivity index (χ3v) is 4.39. The molecule has 1 heterocycles. The van der Waals surface area contributed by atoms with Crippen LogP contribution in [0, 0.1) is 0 Å². The van der Waals surface area contributed by atoms with E-state index in [1.54, 1.807) is 0 Å². The molecule has 1 atom stereocenters. The summed E-state index contributed by atoms with van der Waals surface area (Å²) in [5.41, 5.74) is 1.70. The van der Waals surface area contributed by atoms with Crippen LogP contribution in [0.4, 0.5) is 0 Å². The van der Waals surface area contributed by atoms with Gasteiger partial charge in [-0.25, -0.2) is 4.99 Å². The normalized spacial score (nSPS) is 19.6. The van der Waals surface area contributed by atoms with Gasteiger partial charge in [-0.15, -0.1) is 24.0 Å². The number of rotatable bonds is 7. The van der Waals surface area contributed by atoms with Crippen molar-refractivity contribution >= 4 is 35.8 Å². The lowest BCUT2D eigenvalue weighted by molar-refractivity contribution is 0.0857. The average molecular weight is 472 g/mol. The van der Waals surface area contributed by atoms with E-state index in [2.05, 4.69) is 27.9 Å². The van der Waals surface area contributed by atoms with Crippen molar-refractivity contribution in [2.75, 3.05) is 19.7 Å². The van der Waals surface area contributed by atoms with Gasteiger partial charge in [0.1, 0.15) is 0 Å². The second kappa shape index (κ2) is 10.7. The summed E-state index contributed by atoms with van der Waals surface area (Å²) in [5.74, 6) is 0.794. The zero-order chi connectivity index (χ0) is 17.5. The first-order valence-corrected chi connectivity index (χ1v) is 9.28. The van der Waals surface area contributed by atoms with Crippen LogP contribution < -0.4 is 16.0 Å². The van der Waals surface area contributed by atoms with Gasteiger partial charge in [-0.1, -0.05) is 12.1 Å². The van der Waals surface area contributed by atoms with Gasteiger partial charge in [0.25, 0.3) is 5.91 Å². The lowest BCUT2D eigenvalue weighted by Gasteiger charge is -2.12. The lowest BCUT2D eigenvalue weighted by Crippen LogP contribution is -2.38. The number of carbonyl (C=O) groups is 1. The second-order valence-corrected chi connectivity index (χ2v) is 6.66. The van der Waals surface area contributed by atoms with Crippen molar-refractivity contribution in [3.05, 3.63) is 35.4 Å². The number of amides is 1. The number of halogens is 1. The van der Waals surface area contributed by atoms with E-state index in [0.717, 1.165) is 37.5 Å². The Balaban J connectivity index is 0.00000243. The summed E-state index contributed by atoms with van der Waals surface area (Å²) >= 11 is 0. The van der Waals surface area contributed by atoms with Crippen LogP contribution in [0.1, 0.15) is 48.5 Å². The maximum atomic E-state index is 12.3. The van der Waals surface area contributed by atoms with E-state index in [1.807, 2.05) is 24.3 Å². The molecule has 1 amide bonds. The quantitative estimate of drug-likeness (QED) is 0.324. The molecule has 1 unspecified atom stereocenters. The topological polar surface area (TPSA) is 74.8 Å². The van der Waals surface area contributed by atoms with Gasteiger partial charge in [-0.2, -0.15) is 0 Å². The minimum absolute atomic E-state index is 0. The van der Waals surface area contributed by atoms with E-state index >= 15 is 0 Å². The van der Waals surface area contributed by atoms with E-state index in [9.17, 15) is 4.79 Å². The second-order valence-electron chi connectivity index (χ2n) is 6.66. The van der Waals surface area contributed by atoms with Gasteiger partial charge in [0.05, 0.1) is 12.6 Å². The van der Waals surface area contributed by atoms with E-state index in [4.69, 9.17) is 4.74 Å². The molecule has 1 saturated heterocycles. The Morgan fingerprint density at radius 3 is 2.81 bits per heavy atom. The van der Waals surface area contributed by atoms with E-state index in [1.165, 1.54) is 12.8 Å². The number of benzene rings is 1. The summed E-state index contributed by atoms with van der Waals surface area (Å²) in [6.45, 7) is 4.83. The largest absolute Gasteiger partial charge is 0.376 e. The highest BCUT2D eigenvalue weighted by molar-refractivity contribution is 14.0. The zero-order valence-corrected chi connectivity index (χ0v) is 17.6. The monoisotopic (exact) mass is 472 g/mol. The summed E-state index contributed by atoms with van der Waals surface area (Å²) in [7, 11) is 0. The van der Waals surface area contributed by atoms with Crippen molar-refractivity contribution in [2.24, 2.45) is 4.99 Å². The third kappa shape index (κ3) is 6.75. The Labute approximate surface area is 172 Å². The predicted octanol–water partition coefficient (Wildman–Crippen LogP) is 2.43. The van der Waals surface area contributed by atoms with E-state index < -0.39 is 0 Å². The first kappa shape index (κ1) is 21.0. The molecule has 1 aliphatic carbocycles. The molecule has 0 aromatic heterocycles. The highest BCUT2D eigenvalue weighted by atomic mass is 127. The molecule has 26 heavy (non-hydrogen) atoms. The summed E-state index contributed by atoms with van der Waals surface area (Å²) < 4.78 is 5.54. The molecule has 1 saturated carbocycles. The molecule has 0 bridgehead atoms. The number of carbonyl (C=O) groups excluding carboxylic acids is 1. The lowest BCUT2D eigenvalue weighted by atomic mass is 10.1. The van der Waals surface area contributed by atoms with Crippen LogP contribution in [-0.2, 0) is 11.3 Å². The number of nitrogens with zero attached hydrogens (tertiary/aromatic N) is 1. The maximum Gasteiger partial charge on any atom is 0.251 e. The molecule has 6 nitrogen and oxygen atoms in total. The molecule has 1 aromatic carbocycles. The van der Waals surface area contributed by atoms with Gasteiger partial charge in [-0.3, -0.25) is 4.79 Å². The summed E-state index contributed by atoms with van der Waals surface area (Å²) in [6, 6.07) is 8.22. The smallest absolute Gasteiger partial charge is 0.251 e. The molecule has 2 aliphatic rings. The SMILES string of the molecule is CCNC(=NCc1cccc(C(=O)NCC2CCCO2)c1)NC1CC1.I. The molecule has 0 spiro atoms. The fraction of sp³-hybridized carbons (Fsp3) is 0.579. The Hall–Kier alpha value is -1.35. The van der Waals surface area contributed by atoms with E-state index in [-0.39, 0.29) is 36.0 Å². The number of hydrogen-bond donors (Lipinski definition) is 3. The van der Waals surface area contributed by atoms with Gasteiger partial charge in [0, 0.05) is 31.3 Å². The van der Waals surface area contributed by atoms with Crippen molar-refractivity contribution in [3.63, 3.8) is 0 Å². The van der Waals surface area contributed by atoms with Gasteiger partial charge in [0.15, 0.2) is 5.96 Å². The molecular weight excluding hydrogens is 443 g/mol. The van der Waals surface area contributed by atoms with Gasteiger partial charge in [0.2, 0.25) is 0 Å². The minimum Gasteiger partial charge on any atom is -0.376 e. The molecule has 144 valence electrons. The molecule has 0 radical (unpaired) electrons. The number of nitrogens with one attached hydrogen (secondary N) is 3. The van der Waals surface area contributed by atoms with Crippen LogP contribution in [0.3, 0.4) is 0 Å². The van der Waals surface area contributed by atoms with Crippen LogP contribution in [0.15, 0.2) is 29.3 Å². The average Bonchev–Trinajstić information content (AvgIpc) is 3.29. The number of guanidine groups is 1. The molecule has 3 rings (SSSR count). The summed E-state index contributed by atoms with van der Waals surface area (Å²) in [4.78, 5) is 16.9. The Morgan fingerprint density at radius 2 is 2.12 bits per heavy atom. The third-order valence-electron chi connectivity index (χ3n) is 4.39. The fourth-order valence-corrected chi connectivity index (χ4v) is 2.84. The number of ether oxygens (including phenoxy) is 1. The Morgan fingerprint density at radius 1 is 1.27 bits per heavy atom. The first-order valence-electron chi connectivity index (χ1n) is 9.28. The van der Waals surface area contributed by atoms with Crippen molar-refractivity contribution in [1.82, 2.24) is 16.0 Å². The highest BCUT2D eigenvalue weighted by Gasteiger charge is 2.22. The van der Waals surface area contributed by atoms with Gasteiger partial charge in [-0.05, 0) is 50.3 Å². The van der Waals surface area contributed by atoms with Crippen LogP contribution >= 0.6 is 24.0 Å². The summed E-state index contributed by atoms with van der Waals surface area (Å²) in [6.07, 6.45) is 4.69. The zero-order valence-electron chi connectivity index (χ0n) is 15.3. The van der Waals surface area contributed by atoms with Crippen molar-refractivity contribution in [2.45, 2.75) is 51.3 Å². The number of hydrogen-bond acceptors (Lipinski definition) is 3. The highest BCUT2D eigenvalue weighted by Crippen LogP contribution is 2.18. The Kier molecular flexibility index (Phi) is 8.64. The van der Waals surface area contributed by atoms with Crippen molar-refractivity contribution in [3.8, 4) is 0 Å². The Bertz CT molecular complexity index is 613. The molecule has 3 N–H and O–H groups in total. The molecule has 1 aromatic rings. The van der Waals surface area contributed by atoms with Gasteiger partial charge >= 0.3 is 0 Å². The molecule has 2 fully saturated rings. The van der Waals surface area contributed by atoms with Crippen LogP contribution in [0.2, 0.25) is 0 Å². The van der Waals surface area contributed by atoms with Crippen molar-refractivity contribution in [1.29, 1.82) is 0 Å². The summed E-state index contributed by atoms with van der Waals surface area (Å²) in [5, 5.41) is 9.62. The van der Waals surface area contributed by atoms with Crippen molar-refractivity contribution < 1.29 is 9.53 Å². The van der Waals surface area contributed by atoms with Gasteiger partial charge < -0.3 is 20.7 Å². The predicted molar refractivity (Wildman–Crippen MR) is 114 cm³/mol. The van der Waals surface area contributed by atoms with Crippen LogP contribution in [0.25, 0.3) is 0 Å². The molecular formula is C19H29IN4O2. The standard InChI is InChI=1S/C19H28N4O2.HI/c1-2-20-19(23-16-8-9-16)22-12-14-5-3-6-15(11-14)18(24)21-13-17-7-4-10-25-17;/h3,5-6,11,16-17H,2,4,7-10,12-13H2,1H3,(H,21,24)(H2,20,22,23);1H. The van der Waals surface area contributed by atoms with Crippen LogP contribution in [0.5, 0.6) is 0 Å². The molecule has 7 heteroatoms. The molecule has 1 aliphatic heterocycles.